The van der Waals surface area contributed by atoms with E-state index in [9.17, 15) is 18.0 Å². The fourth-order valence-corrected chi connectivity index (χ4v) is 1.96. The third-order valence-corrected chi connectivity index (χ3v) is 2.87. The van der Waals surface area contributed by atoms with E-state index in [0.717, 1.165) is 11.3 Å². The van der Waals surface area contributed by atoms with Crippen molar-refractivity contribution in [3.63, 3.8) is 0 Å². The van der Waals surface area contributed by atoms with Crippen molar-refractivity contribution in [2.24, 2.45) is 5.92 Å². The van der Waals surface area contributed by atoms with Crippen LogP contribution in [-0.2, 0) is 4.79 Å². The van der Waals surface area contributed by atoms with E-state index >= 15 is 0 Å². The summed E-state index contributed by atoms with van der Waals surface area (Å²) in [5.41, 5.74) is 0. The molecule has 0 radical (unpaired) electrons. The van der Waals surface area contributed by atoms with E-state index < -0.39 is 12.7 Å². The zero-order chi connectivity index (χ0) is 12.9. The Balaban J connectivity index is 0.00000289. The van der Waals surface area contributed by atoms with Gasteiger partial charge in [0, 0.05) is 13.1 Å². The lowest BCUT2D eigenvalue weighted by Gasteiger charge is -2.26. The van der Waals surface area contributed by atoms with Gasteiger partial charge >= 0.3 is 6.18 Å². The van der Waals surface area contributed by atoms with Gasteiger partial charge in [-0.25, -0.2) is 0 Å². The van der Waals surface area contributed by atoms with Crippen molar-refractivity contribution in [2.75, 3.05) is 26.2 Å². The quantitative estimate of drug-likeness (QED) is 0.841. The summed E-state index contributed by atoms with van der Waals surface area (Å²) in [6.45, 7) is 2.18. The Morgan fingerprint density at radius 3 is 2.56 bits per heavy atom. The Kier molecular flexibility index (Phi) is 7.62. The summed E-state index contributed by atoms with van der Waals surface area (Å²) < 4.78 is 37.1. The van der Waals surface area contributed by atoms with Crippen LogP contribution in [0.4, 0.5) is 13.2 Å². The van der Waals surface area contributed by atoms with E-state index in [1.807, 2.05) is 6.92 Å². The molecule has 108 valence electrons. The molecule has 1 amide bonds. The summed E-state index contributed by atoms with van der Waals surface area (Å²) in [5, 5.41) is 3.00. The van der Waals surface area contributed by atoms with E-state index in [0.29, 0.717) is 25.9 Å². The van der Waals surface area contributed by atoms with Crippen molar-refractivity contribution in [1.82, 2.24) is 10.2 Å². The number of alkyl halides is 3. The van der Waals surface area contributed by atoms with Crippen molar-refractivity contribution >= 4 is 18.3 Å². The molecule has 1 unspecified atom stereocenters. The first kappa shape index (κ1) is 17.5. The molecule has 1 heterocycles. The van der Waals surface area contributed by atoms with Crippen molar-refractivity contribution in [3.05, 3.63) is 0 Å². The van der Waals surface area contributed by atoms with Crippen LogP contribution in [0.5, 0.6) is 0 Å². The van der Waals surface area contributed by atoms with Crippen molar-refractivity contribution < 1.29 is 18.0 Å². The molecular formula is C11H20ClF3N2O. The standard InChI is InChI=1S/C11H19F3N2O.ClH/c1-2-3-6-16(8-11(12,13)14)10(17)9-4-5-15-7-9;/h9,15H,2-8H2,1H3;1H. The highest BCUT2D eigenvalue weighted by molar-refractivity contribution is 5.85. The topological polar surface area (TPSA) is 32.3 Å². The summed E-state index contributed by atoms with van der Waals surface area (Å²) in [7, 11) is 0. The first-order chi connectivity index (χ1) is 7.94. The van der Waals surface area contributed by atoms with Gasteiger partial charge in [-0.1, -0.05) is 13.3 Å². The number of unbranched alkanes of at least 4 members (excludes halogenated alkanes) is 1. The van der Waals surface area contributed by atoms with Crippen LogP contribution >= 0.6 is 12.4 Å². The molecule has 0 saturated carbocycles. The van der Waals surface area contributed by atoms with Crippen LogP contribution in [0.2, 0.25) is 0 Å². The molecular weight excluding hydrogens is 269 g/mol. The number of amides is 1. The normalized spacial score (nSPS) is 19.4. The van der Waals surface area contributed by atoms with Gasteiger partial charge in [-0.2, -0.15) is 13.2 Å². The van der Waals surface area contributed by atoms with E-state index in [-0.39, 0.29) is 30.8 Å². The average Bonchev–Trinajstić information content (AvgIpc) is 2.74. The highest BCUT2D eigenvalue weighted by Gasteiger charge is 2.35. The number of carbonyl (C=O) groups is 1. The van der Waals surface area contributed by atoms with Crippen LogP contribution in [-0.4, -0.2) is 43.2 Å². The highest BCUT2D eigenvalue weighted by atomic mass is 35.5. The molecule has 0 bridgehead atoms. The van der Waals surface area contributed by atoms with Crippen LogP contribution in [0.1, 0.15) is 26.2 Å². The van der Waals surface area contributed by atoms with Gasteiger partial charge in [0.1, 0.15) is 6.54 Å². The third-order valence-electron chi connectivity index (χ3n) is 2.87. The van der Waals surface area contributed by atoms with Crippen LogP contribution in [0, 0.1) is 5.92 Å². The minimum Gasteiger partial charge on any atom is -0.333 e. The van der Waals surface area contributed by atoms with Gasteiger partial charge in [-0.3, -0.25) is 4.79 Å². The molecule has 0 aromatic carbocycles. The van der Waals surface area contributed by atoms with Gasteiger partial charge in [-0.15, -0.1) is 12.4 Å². The number of carbonyl (C=O) groups excluding carboxylic acids is 1. The van der Waals surface area contributed by atoms with Gasteiger partial charge in [0.15, 0.2) is 0 Å². The zero-order valence-corrected chi connectivity index (χ0v) is 11.2. The Morgan fingerprint density at radius 1 is 1.44 bits per heavy atom. The minimum absolute atomic E-state index is 0. The molecule has 1 atom stereocenters. The summed E-state index contributed by atoms with van der Waals surface area (Å²) in [6.07, 6.45) is -2.28. The lowest BCUT2D eigenvalue weighted by molar-refractivity contribution is -0.163. The van der Waals surface area contributed by atoms with E-state index in [4.69, 9.17) is 0 Å². The largest absolute Gasteiger partial charge is 0.406 e. The number of halogens is 4. The van der Waals surface area contributed by atoms with Crippen molar-refractivity contribution in [1.29, 1.82) is 0 Å². The Labute approximate surface area is 112 Å². The van der Waals surface area contributed by atoms with Crippen molar-refractivity contribution in [3.8, 4) is 0 Å². The summed E-state index contributed by atoms with van der Waals surface area (Å²) in [4.78, 5) is 12.9. The first-order valence-corrected chi connectivity index (χ1v) is 6.00. The first-order valence-electron chi connectivity index (χ1n) is 6.00. The second-order valence-electron chi connectivity index (χ2n) is 4.42. The van der Waals surface area contributed by atoms with Crippen LogP contribution in [0.25, 0.3) is 0 Å². The number of hydrogen-bond acceptors (Lipinski definition) is 2. The number of nitrogens with zero attached hydrogens (tertiary/aromatic N) is 1. The lowest BCUT2D eigenvalue weighted by atomic mass is 10.1. The van der Waals surface area contributed by atoms with Gasteiger partial charge in [-0.05, 0) is 19.4 Å². The molecule has 1 fully saturated rings. The molecule has 1 aliphatic heterocycles. The predicted octanol–water partition coefficient (Wildman–Crippen LogP) is 2.21. The molecule has 1 N–H and O–H groups in total. The van der Waals surface area contributed by atoms with Crippen LogP contribution in [0.3, 0.4) is 0 Å². The van der Waals surface area contributed by atoms with Crippen LogP contribution < -0.4 is 5.32 Å². The monoisotopic (exact) mass is 288 g/mol. The molecule has 1 saturated heterocycles. The Bertz CT molecular complexity index is 255. The molecule has 1 rings (SSSR count). The summed E-state index contributed by atoms with van der Waals surface area (Å²) in [5.74, 6) is -0.644. The summed E-state index contributed by atoms with van der Waals surface area (Å²) in [6, 6.07) is 0. The SMILES string of the molecule is CCCCN(CC(F)(F)F)C(=O)C1CCNC1.Cl. The van der Waals surface area contributed by atoms with Gasteiger partial charge < -0.3 is 10.2 Å². The van der Waals surface area contributed by atoms with Gasteiger partial charge in [0.05, 0.1) is 5.92 Å². The summed E-state index contributed by atoms with van der Waals surface area (Å²) >= 11 is 0. The van der Waals surface area contributed by atoms with E-state index in [2.05, 4.69) is 5.32 Å². The second-order valence-corrected chi connectivity index (χ2v) is 4.42. The van der Waals surface area contributed by atoms with Gasteiger partial charge in [0.25, 0.3) is 0 Å². The maximum Gasteiger partial charge on any atom is 0.406 e. The predicted molar refractivity (Wildman–Crippen MR) is 65.8 cm³/mol. The molecule has 1 aliphatic rings. The van der Waals surface area contributed by atoms with E-state index in [1.54, 1.807) is 0 Å². The van der Waals surface area contributed by atoms with Gasteiger partial charge in [0.2, 0.25) is 5.91 Å². The third kappa shape index (κ3) is 5.91. The smallest absolute Gasteiger partial charge is 0.333 e. The molecule has 0 aromatic rings. The van der Waals surface area contributed by atoms with E-state index in [1.165, 1.54) is 0 Å². The fraction of sp³-hybridized carbons (Fsp3) is 0.909. The Hall–Kier alpha value is -0.490. The number of hydrogen-bond donors (Lipinski definition) is 1. The molecule has 7 heteroatoms. The number of rotatable bonds is 5. The zero-order valence-electron chi connectivity index (χ0n) is 10.4. The molecule has 3 nitrogen and oxygen atoms in total. The molecule has 0 aliphatic carbocycles. The lowest BCUT2D eigenvalue weighted by Crippen LogP contribution is -2.43. The maximum atomic E-state index is 12.4. The minimum atomic E-state index is -4.31. The molecule has 0 spiro atoms. The molecule has 0 aromatic heterocycles. The van der Waals surface area contributed by atoms with Crippen molar-refractivity contribution in [2.45, 2.75) is 32.4 Å². The second kappa shape index (κ2) is 7.84. The van der Waals surface area contributed by atoms with Crippen LogP contribution in [0.15, 0.2) is 0 Å². The highest BCUT2D eigenvalue weighted by Crippen LogP contribution is 2.20. The maximum absolute atomic E-state index is 12.4. The Morgan fingerprint density at radius 2 is 2.11 bits per heavy atom. The fourth-order valence-electron chi connectivity index (χ4n) is 1.96. The molecule has 18 heavy (non-hydrogen) atoms. The average molecular weight is 289 g/mol. The number of nitrogens with one attached hydrogen (secondary N) is 1.